The molecule has 0 spiro atoms. The van der Waals surface area contributed by atoms with E-state index in [9.17, 15) is 0 Å². The first-order valence-corrected chi connectivity index (χ1v) is 10.7. The predicted octanol–water partition coefficient (Wildman–Crippen LogP) is 4.16. The van der Waals surface area contributed by atoms with Gasteiger partial charge in [0.2, 0.25) is 0 Å². The second kappa shape index (κ2) is 9.23. The van der Waals surface area contributed by atoms with Crippen LogP contribution >= 0.6 is 0 Å². The number of para-hydroxylation sites is 1. The predicted molar refractivity (Wildman–Crippen MR) is 119 cm³/mol. The monoisotopic (exact) mass is 389 g/mol. The number of aryl methyl sites for hydroxylation is 3. The molecule has 4 rings (SSSR count). The Morgan fingerprint density at radius 1 is 0.793 bits per heavy atom. The average Bonchev–Trinajstić information content (AvgIpc) is 3.21. The van der Waals surface area contributed by atoms with Gasteiger partial charge in [-0.3, -0.25) is 4.90 Å². The van der Waals surface area contributed by atoms with E-state index < -0.39 is 0 Å². The van der Waals surface area contributed by atoms with E-state index in [-0.39, 0.29) is 0 Å². The lowest BCUT2D eigenvalue weighted by molar-refractivity contribution is 0.250. The first kappa shape index (κ1) is 19.6. The molecular weight excluding hydrogens is 358 g/mol. The highest BCUT2D eigenvalue weighted by Crippen LogP contribution is 2.23. The summed E-state index contributed by atoms with van der Waals surface area (Å²) in [6.07, 6.45) is 4.20. The second-order valence-corrected chi connectivity index (χ2v) is 7.98. The van der Waals surface area contributed by atoms with Gasteiger partial charge in [0.1, 0.15) is 0 Å². The average molecular weight is 390 g/mol. The molecule has 0 bridgehead atoms. The molecule has 0 unspecified atom stereocenters. The lowest BCUT2D eigenvalue weighted by Gasteiger charge is -2.36. The molecule has 1 aromatic heterocycles. The first-order valence-electron chi connectivity index (χ1n) is 10.7. The van der Waals surface area contributed by atoms with Crippen molar-refractivity contribution in [3.63, 3.8) is 0 Å². The molecular formula is C24H31N5. The highest BCUT2D eigenvalue weighted by Gasteiger charge is 2.17. The number of nitrogens with zero attached hydrogens (tertiary/aromatic N) is 5. The quantitative estimate of drug-likeness (QED) is 0.569. The van der Waals surface area contributed by atoms with Crippen LogP contribution in [0, 0.1) is 13.8 Å². The van der Waals surface area contributed by atoms with Crippen LogP contribution in [0.5, 0.6) is 0 Å². The Morgan fingerprint density at radius 3 is 2.24 bits per heavy atom. The molecule has 0 amide bonds. The largest absolute Gasteiger partial charge is 0.369 e. The molecule has 152 valence electrons. The zero-order valence-corrected chi connectivity index (χ0v) is 17.6. The minimum atomic E-state index is 0.923. The van der Waals surface area contributed by atoms with E-state index in [1.807, 2.05) is 6.20 Å². The summed E-state index contributed by atoms with van der Waals surface area (Å²) >= 11 is 0. The number of hydrogen-bond donors (Lipinski definition) is 0. The Labute approximate surface area is 174 Å². The van der Waals surface area contributed by atoms with Crippen molar-refractivity contribution < 1.29 is 0 Å². The van der Waals surface area contributed by atoms with Gasteiger partial charge >= 0.3 is 0 Å². The Balaban J connectivity index is 1.23. The Kier molecular flexibility index (Phi) is 6.25. The van der Waals surface area contributed by atoms with Crippen LogP contribution in [0.25, 0.3) is 11.3 Å². The highest BCUT2D eigenvalue weighted by atomic mass is 15.4. The fourth-order valence-electron chi connectivity index (χ4n) is 4.22. The summed E-state index contributed by atoms with van der Waals surface area (Å²) in [5, 5.41) is 8.47. The Morgan fingerprint density at radius 2 is 1.48 bits per heavy atom. The number of benzene rings is 2. The van der Waals surface area contributed by atoms with Gasteiger partial charge in [0.15, 0.2) is 0 Å². The molecule has 0 radical (unpaired) electrons. The molecule has 3 aromatic rings. The summed E-state index contributed by atoms with van der Waals surface area (Å²) in [5.74, 6) is 0. The van der Waals surface area contributed by atoms with Crippen molar-refractivity contribution in [1.29, 1.82) is 0 Å². The number of anilines is 1. The third-order valence-corrected chi connectivity index (χ3v) is 5.96. The molecule has 1 fully saturated rings. The van der Waals surface area contributed by atoms with Gasteiger partial charge in [-0.2, -0.15) is 0 Å². The van der Waals surface area contributed by atoms with E-state index >= 15 is 0 Å². The normalized spacial score (nSPS) is 15.0. The molecule has 1 aliphatic rings. The Bertz CT molecular complexity index is 924. The van der Waals surface area contributed by atoms with Gasteiger partial charge in [0.05, 0.1) is 11.9 Å². The van der Waals surface area contributed by atoms with Crippen LogP contribution in [-0.4, -0.2) is 52.6 Å². The van der Waals surface area contributed by atoms with Crippen molar-refractivity contribution in [2.24, 2.45) is 0 Å². The summed E-state index contributed by atoms with van der Waals surface area (Å²) in [6.45, 7) is 11.0. The van der Waals surface area contributed by atoms with E-state index in [0.717, 1.165) is 51.4 Å². The SMILES string of the molecule is Cc1ccccc1-c1cnnn1CCCCN1CCN(c2ccccc2C)CC1. The lowest BCUT2D eigenvalue weighted by atomic mass is 10.1. The maximum Gasteiger partial charge on any atom is 0.0888 e. The van der Waals surface area contributed by atoms with E-state index in [4.69, 9.17) is 0 Å². The first-order chi connectivity index (χ1) is 14.2. The smallest absolute Gasteiger partial charge is 0.0888 e. The molecule has 1 aliphatic heterocycles. The second-order valence-electron chi connectivity index (χ2n) is 7.98. The van der Waals surface area contributed by atoms with Crippen LogP contribution in [0.1, 0.15) is 24.0 Å². The van der Waals surface area contributed by atoms with Crippen molar-refractivity contribution in [1.82, 2.24) is 19.9 Å². The van der Waals surface area contributed by atoms with Gasteiger partial charge in [0, 0.05) is 44.0 Å². The van der Waals surface area contributed by atoms with Crippen LogP contribution in [0.15, 0.2) is 54.7 Å². The molecule has 29 heavy (non-hydrogen) atoms. The molecule has 0 saturated carbocycles. The number of unbranched alkanes of at least 4 members (excludes halogenated alkanes) is 1. The van der Waals surface area contributed by atoms with Gasteiger partial charge in [-0.05, 0) is 50.4 Å². The maximum atomic E-state index is 4.32. The number of piperazine rings is 1. The van der Waals surface area contributed by atoms with E-state index in [2.05, 4.69) is 87.2 Å². The molecule has 5 nitrogen and oxygen atoms in total. The van der Waals surface area contributed by atoms with Crippen molar-refractivity contribution in [2.45, 2.75) is 33.2 Å². The topological polar surface area (TPSA) is 37.2 Å². The van der Waals surface area contributed by atoms with Crippen molar-refractivity contribution in [3.8, 4) is 11.3 Å². The summed E-state index contributed by atoms with van der Waals surface area (Å²) in [7, 11) is 0. The molecule has 2 aromatic carbocycles. The summed E-state index contributed by atoms with van der Waals surface area (Å²) in [5.41, 5.74) is 6.38. The fourth-order valence-corrected chi connectivity index (χ4v) is 4.22. The standard InChI is InChI=1S/C24H31N5/c1-20-9-3-5-11-22(20)24-19-25-26-29(24)14-8-7-13-27-15-17-28(18-16-27)23-12-6-4-10-21(23)2/h3-6,9-12,19H,7-8,13-18H2,1-2H3. The van der Waals surface area contributed by atoms with Gasteiger partial charge in [0.25, 0.3) is 0 Å². The lowest BCUT2D eigenvalue weighted by Crippen LogP contribution is -2.46. The van der Waals surface area contributed by atoms with Crippen LogP contribution in [0.2, 0.25) is 0 Å². The highest BCUT2D eigenvalue weighted by molar-refractivity contribution is 5.62. The Hall–Kier alpha value is -2.66. The minimum Gasteiger partial charge on any atom is -0.369 e. The number of hydrogen-bond acceptors (Lipinski definition) is 4. The van der Waals surface area contributed by atoms with Crippen LogP contribution in [-0.2, 0) is 6.54 Å². The fraction of sp³-hybridized carbons (Fsp3) is 0.417. The van der Waals surface area contributed by atoms with E-state index in [1.165, 1.54) is 28.8 Å². The molecule has 1 saturated heterocycles. The van der Waals surface area contributed by atoms with E-state index in [0.29, 0.717) is 0 Å². The number of rotatable bonds is 7. The minimum absolute atomic E-state index is 0.923. The summed E-state index contributed by atoms with van der Waals surface area (Å²) in [4.78, 5) is 5.12. The van der Waals surface area contributed by atoms with Gasteiger partial charge in [-0.1, -0.05) is 47.7 Å². The van der Waals surface area contributed by atoms with Crippen LogP contribution < -0.4 is 4.90 Å². The van der Waals surface area contributed by atoms with Gasteiger partial charge < -0.3 is 4.90 Å². The van der Waals surface area contributed by atoms with Crippen molar-refractivity contribution in [2.75, 3.05) is 37.6 Å². The summed E-state index contributed by atoms with van der Waals surface area (Å²) < 4.78 is 2.05. The molecule has 0 N–H and O–H groups in total. The molecule has 5 heteroatoms. The maximum absolute atomic E-state index is 4.32. The van der Waals surface area contributed by atoms with Crippen molar-refractivity contribution in [3.05, 3.63) is 65.9 Å². The van der Waals surface area contributed by atoms with Crippen LogP contribution in [0.3, 0.4) is 0 Å². The molecule has 0 aliphatic carbocycles. The zero-order chi connectivity index (χ0) is 20.1. The third kappa shape index (κ3) is 4.67. The summed E-state index contributed by atoms with van der Waals surface area (Å²) in [6, 6.07) is 17.2. The van der Waals surface area contributed by atoms with Crippen molar-refractivity contribution >= 4 is 5.69 Å². The van der Waals surface area contributed by atoms with Crippen LogP contribution in [0.4, 0.5) is 5.69 Å². The molecule has 0 atom stereocenters. The van der Waals surface area contributed by atoms with Gasteiger partial charge in [-0.25, -0.2) is 4.68 Å². The number of aromatic nitrogens is 3. The third-order valence-electron chi connectivity index (χ3n) is 5.96. The molecule has 2 heterocycles. The van der Waals surface area contributed by atoms with Gasteiger partial charge in [-0.15, -0.1) is 5.10 Å². The zero-order valence-electron chi connectivity index (χ0n) is 17.6. The van der Waals surface area contributed by atoms with E-state index in [1.54, 1.807) is 0 Å².